The van der Waals surface area contributed by atoms with Crippen molar-refractivity contribution >= 4 is 35.1 Å². The third-order valence-corrected chi connectivity index (χ3v) is 5.23. The van der Waals surface area contributed by atoms with Crippen LogP contribution in [-0.4, -0.2) is 41.9 Å². The number of hydrogen-bond acceptors (Lipinski definition) is 3. The van der Waals surface area contributed by atoms with E-state index in [9.17, 15) is 19.5 Å². The molecule has 3 rings (SSSR count). The highest BCUT2D eigenvalue weighted by atomic mass is 35.5. The van der Waals surface area contributed by atoms with Gasteiger partial charge in [-0.3, -0.25) is 14.4 Å². The molecule has 2 bridgehead atoms. The Morgan fingerprint density at radius 3 is 2.36 bits per heavy atom. The van der Waals surface area contributed by atoms with Gasteiger partial charge in [0.05, 0.1) is 22.4 Å². The lowest BCUT2D eigenvalue weighted by Crippen LogP contribution is -2.36. The fourth-order valence-electron chi connectivity index (χ4n) is 3.75. The number of halogens is 1. The number of allylic oxidation sites excluding steroid dienone is 2. The van der Waals surface area contributed by atoms with Crippen molar-refractivity contribution in [1.29, 1.82) is 0 Å². The number of anilines is 1. The van der Waals surface area contributed by atoms with E-state index in [0.717, 1.165) is 0 Å². The number of carbonyl (C=O) groups excluding carboxylic acids is 2. The number of amides is 2. The van der Waals surface area contributed by atoms with Crippen molar-refractivity contribution in [3.05, 3.63) is 40.9 Å². The smallest absolute Gasteiger partial charge is 0.307 e. The van der Waals surface area contributed by atoms with Gasteiger partial charge in [0.25, 0.3) is 5.91 Å². The molecule has 6 nitrogen and oxygen atoms in total. The van der Waals surface area contributed by atoms with E-state index in [0.29, 0.717) is 17.7 Å². The van der Waals surface area contributed by atoms with Crippen molar-refractivity contribution in [3.8, 4) is 0 Å². The molecule has 4 atom stereocenters. The number of nitrogens with zero attached hydrogens (tertiary/aromatic N) is 1. The van der Waals surface area contributed by atoms with Gasteiger partial charge >= 0.3 is 5.97 Å². The number of aliphatic carboxylic acids is 1. The van der Waals surface area contributed by atoms with Crippen LogP contribution >= 0.6 is 11.6 Å². The van der Waals surface area contributed by atoms with E-state index < -0.39 is 17.8 Å². The largest absolute Gasteiger partial charge is 0.481 e. The first-order valence-electron chi connectivity index (χ1n) is 8.02. The Morgan fingerprint density at radius 2 is 1.80 bits per heavy atom. The molecule has 132 valence electrons. The van der Waals surface area contributed by atoms with Crippen LogP contribution in [0.1, 0.15) is 16.8 Å². The van der Waals surface area contributed by atoms with E-state index in [-0.39, 0.29) is 28.7 Å². The molecule has 0 aromatic heterocycles. The summed E-state index contributed by atoms with van der Waals surface area (Å²) in [6.07, 6.45) is 4.53. The number of nitrogens with one attached hydrogen (secondary N) is 1. The van der Waals surface area contributed by atoms with E-state index in [2.05, 4.69) is 5.32 Å². The van der Waals surface area contributed by atoms with E-state index in [1.807, 2.05) is 12.2 Å². The third kappa shape index (κ3) is 3.14. The van der Waals surface area contributed by atoms with Crippen LogP contribution in [0.2, 0.25) is 5.02 Å². The first kappa shape index (κ1) is 17.5. The molecule has 0 aliphatic heterocycles. The maximum absolute atomic E-state index is 12.6. The second-order valence-corrected chi connectivity index (χ2v) is 7.13. The molecular formula is C18H19ClN2O4. The average Bonchev–Trinajstić information content (AvgIpc) is 3.15. The molecule has 2 aliphatic rings. The fraction of sp³-hybridized carbons (Fsp3) is 0.389. The quantitative estimate of drug-likeness (QED) is 0.806. The minimum absolute atomic E-state index is 0.0452. The summed E-state index contributed by atoms with van der Waals surface area (Å²) in [5.74, 6) is -2.91. The predicted octanol–water partition coefficient (Wildman–Crippen LogP) is 2.50. The molecule has 0 spiro atoms. The molecule has 1 aromatic carbocycles. The van der Waals surface area contributed by atoms with Gasteiger partial charge in [-0.1, -0.05) is 23.8 Å². The summed E-state index contributed by atoms with van der Waals surface area (Å²) in [5.41, 5.74) is 0.789. The van der Waals surface area contributed by atoms with Crippen LogP contribution in [0.3, 0.4) is 0 Å². The topological polar surface area (TPSA) is 86.7 Å². The standard InChI is InChI=1S/C18H19ClN2O4/c1-21(2)17(23)12-6-5-11(8-13(12)19)20-16(22)14-9-3-4-10(7-9)15(14)18(24)25/h3-6,8-10,14-15H,7H2,1-2H3,(H,20,22)(H,24,25)/t9-,10-,14-,15-/m0/s1. The Hall–Kier alpha value is -2.34. The molecule has 1 saturated carbocycles. The first-order chi connectivity index (χ1) is 11.8. The molecule has 25 heavy (non-hydrogen) atoms. The zero-order chi connectivity index (χ0) is 18.3. The van der Waals surface area contributed by atoms with Crippen LogP contribution in [0.4, 0.5) is 5.69 Å². The molecular weight excluding hydrogens is 344 g/mol. The second kappa shape index (κ2) is 6.52. The van der Waals surface area contributed by atoms with Gasteiger partial charge in [0.15, 0.2) is 0 Å². The van der Waals surface area contributed by atoms with Gasteiger partial charge in [0, 0.05) is 19.8 Å². The lowest BCUT2D eigenvalue weighted by atomic mass is 9.82. The van der Waals surface area contributed by atoms with E-state index in [1.54, 1.807) is 26.2 Å². The normalized spacial score (nSPS) is 26.5. The van der Waals surface area contributed by atoms with Crippen molar-refractivity contribution in [2.24, 2.45) is 23.7 Å². The van der Waals surface area contributed by atoms with Gasteiger partial charge in [-0.15, -0.1) is 0 Å². The Kier molecular flexibility index (Phi) is 4.56. The van der Waals surface area contributed by atoms with Gasteiger partial charge in [0.2, 0.25) is 5.91 Å². The Labute approximate surface area is 150 Å². The van der Waals surface area contributed by atoms with E-state index in [4.69, 9.17) is 11.6 Å². The lowest BCUT2D eigenvalue weighted by molar-refractivity contribution is -0.146. The Morgan fingerprint density at radius 1 is 1.16 bits per heavy atom. The predicted molar refractivity (Wildman–Crippen MR) is 93.5 cm³/mol. The number of carboxylic acid groups (broad SMARTS) is 1. The maximum Gasteiger partial charge on any atom is 0.307 e. The first-order valence-corrected chi connectivity index (χ1v) is 8.40. The second-order valence-electron chi connectivity index (χ2n) is 6.72. The SMILES string of the molecule is CN(C)C(=O)c1ccc(NC(=O)[C@@H]2[C@@H](C(=O)O)[C@H]3C=C[C@H]2C3)cc1Cl. The minimum Gasteiger partial charge on any atom is -0.481 e. The maximum atomic E-state index is 12.6. The number of benzene rings is 1. The number of rotatable bonds is 4. The highest BCUT2D eigenvalue weighted by Gasteiger charge is 2.51. The van der Waals surface area contributed by atoms with Crippen molar-refractivity contribution in [2.75, 3.05) is 19.4 Å². The van der Waals surface area contributed by atoms with Crippen LogP contribution in [0.15, 0.2) is 30.4 Å². The molecule has 1 aromatic rings. The zero-order valence-electron chi connectivity index (χ0n) is 13.9. The van der Waals surface area contributed by atoms with Gasteiger partial charge < -0.3 is 15.3 Å². The molecule has 0 radical (unpaired) electrons. The number of fused-ring (bicyclic) bond motifs is 2. The van der Waals surface area contributed by atoms with E-state index >= 15 is 0 Å². The molecule has 7 heteroatoms. The van der Waals surface area contributed by atoms with Crippen molar-refractivity contribution in [2.45, 2.75) is 6.42 Å². The summed E-state index contributed by atoms with van der Waals surface area (Å²) in [7, 11) is 3.26. The summed E-state index contributed by atoms with van der Waals surface area (Å²) in [5, 5.41) is 12.4. The van der Waals surface area contributed by atoms with Crippen molar-refractivity contribution < 1.29 is 19.5 Å². The summed E-state index contributed by atoms with van der Waals surface area (Å²) in [6.45, 7) is 0. The van der Waals surface area contributed by atoms with Gasteiger partial charge in [0.1, 0.15) is 0 Å². The average molecular weight is 363 g/mol. The Bertz CT molecular complexity index is 774. The van der Waals surface area contributed by atoms with Crippen LogP contribution < -0.4 is 5.32 Å². The van der Waals surface area contributed by atoms with Crippen LogP contribution in [0, 0.1) is 23.7 Å². The number of hydrogen-bond donors (Lipinski definition) is 2. The van der Waals surface area contributed by atoms with Gasteiger partial charge in [-0.2, -0.15) is 0 Å². The monoisotopic (exact) mass is 362 g/mol. The van der Waals surface area contributed by atoms with Gasteiger partial charge in [-0.25, -0.2) is 0 Å². The number of carboxylic acids is 1. The van der Waals surface area contributed by atoms with Crippen molar-refractivity contribution in [3.63, 3.8) is 0 Å². The van der Waals surface area contributed by atoms with Crippen LogP contribution in [0.5, 0.6) is 0 Å². The summed E-state index contributed by atoms with van der Waals surface area (Å²) in [4.78, 5) is 37.6. The molecule has 2 amide bonds. The van der Waals surface area contributed by atoms with E-state index in [1.165, 1.54) is 11.0 Å². The molecule has 0 saturated heterocycles. The minimum atomic E-state index is -0.943. The number of carbonyl (C=O) groups is 3. The third-order valence-electron chi connectivity index (χ3n) is 4.92. The summed E-state index contributed by atoms with van der Waals surface area (Å²) < 4.78 is 0. The van der Waals surface area contributed by atoms with Crippen LogP contribution in [-0.2, 0) is 9.59 Å². The molecule has 0 heterocycles. The Balaban J connectivity index is 1.77. The summed E-state index contributed by atoms with van der Waals surface area (Å²) in [6, 6.07) is 4.66. The van der Waals surface area contributed by atoms with Crippen molar-refractivity contribution in [1.82, 2.24) is 4.90 Å². The zero-order valence-corrected chi connectivity index (χ0v) is 14.7. The fourth-order valence-corrected chi connectivity index (χ4v) is 4.01. The highest BCUT2D eigenvalue weighted by Crippen LogP contribution is 2.48. The lowest BCUT2D eigenvalue weighted by Gasteiger charge is -2.24. The van der Waals surface area contributed by atoms with Gasteiger partial charge in [-0.05, 0) is 36.5 Å². The molecule has 2 N–H and O–H groups in total. The molecule has 0 unspecified atom stereocenters. The van der Waals surface area contributed by atoms with Crippen LogP contribution in [0.25, 0.3) is 0 Å². The summed E-state index contributed by atoms with van der Waals surface area (Å²) >= 11 is 6.15. The highest BCUT2D eigenvalue weighted by molar-refractivity contribution is 6.34. The molecule has 1 fully saturated rings. The molecule has 2 aliphatic carbocycles.